The van der Waals surface area contributed by atoms with Crippen molar-refractivity contribution in [3.63, 3.8) is 0 Å². The summed E-state index contributed by atoms with van der Waals surface area (Å²) in [7, 11) is -24.6. The van der Waals surface area contributed by atoms with Crippen LogP contribution >= 0.6 is 38.0 Å². The predicted molar refractivity (Wildman–Crippen MR) is 87.0 cm³/mol. The molecule has 0 aromatic rings. The first kappa shape index (κ1) is 27.7. The Kier molecular flexibility index (Phi) is 9.89. The van der Waals surface area contributed by atoms with Gasteiger partial charge in [-0.05, 0) is 0 Å². The summed E-state index contributed by atoms with van der Waals surface area (Å²) in [6.07, 6.45) is -5.79. The smallest absolute Gasteiger partial charge is 0.323 e. The molecule has 8 N–H and O–H groups in total. The van der Waals surface area contributed by atoms with Crippen LogP contribution in [-0.4, -0.2) is 81.1 Å². The second kappa shape index (κ2) is 9.65. The zero-order chi connectivity index (χ0) is 21.9. The Morgan fingerprint density at radius 2 is 0.741 bits per heavy atom. The van der Waals surface area contributed by atoms with Crippen LogP contribution < -0.4 is 0 Å². The van der Waals surface area contributed by atoms with Crippen molar-refractivity contribution in [2.45, 2.75) is 0 Å². The van der Waals surface area contributed by atoms with E-state index in [0.29, 0.717) is 6.66 Å². The van der Waals surface area contributed by atoms with Gasteiger partial charge in [0.1, 0.15) is 25.1 Å². The minimum absolute atomic E-state index is 0.0878. The second-order valence-electron chi connectivity index (χ2n) is 5.12. The average Bonchev–Trinajstić information content (AvgIpc) is 2.14. The molecule has 0 aliphatic rings. The molecule has 0 atom stereocenters. The molecule has 0 radical (unpaired) electrons. The standard InChI is InChI=1S/C5H19N2O15P5/c1-23(8,21-6(2-24(9,10)11)3-25(12,13)14)22-7(4-26(15,16)17)5-27(18,19)20/h2-5H2,1H3,(H2,9,10,11)(H2,12,13,14)(H2,15,16,17)(H2,18,19,20). The molecule has 27 heavy (non-hydrogen) atoms. The number of rotatable bonds is 12. The highest BCUT2D eigenvalue weighted by atomic mass is 31.2. The van der Waals surface area contributed by atoms with Crippen molar-refractivity contribution in [3.05, 3.63) is 0 Å². The SMILES string of the molecule is CP(=O)(ON(CP(=O)(O)O)CP(=O)(O)O)ON(CP(=O)(O)O)CP(=O)(O)O. The Morgan fingerprint density at radius 3 is 0.889 bits per heavy atom. The number of nitrogens with zero attached hydrogens (tertiary/aromatic N) is 2. The molecule has 0 saturated heterocycles. The fourth-order valence-electron chi connectivity index (χ4n) is 1.45. The lowest BCUT2D eigenvalue weighted by molar-refractivity contribution is -0.0969. The molecule has 0 aliphatic carbocycles. The van der Waals surface area contributed by atoms with Gasteiger partial charge in [0.25, 0.3) is 0 Å². The normalized spacial score (nSPS) is 14.9. The third-order valence-corrected chi connectivity index (χ3v) is 5.69. The van der Waals surface area contributed by atoms with Crippen LogP contribution in [0.3, 0.4) is 0 Å². The molecule has 0 saturated carbocycles. The summed E-state index contributed by atoms with van der Waals surface area (Å²) >= 11 is 0. The van der Waals surface area contributed by atoms with Crippen molar-refractivity contribution in [3.8, 4) is 0 Å². The lowest BCUT2D eigenvalue weighted by Gasteiger charge is -2.29. The van der Waals surface area contributed by atoms with Crippen molar-refractivity contribution < 1.29 is 71.2 Å². The zero-order valence-corrected chi connectivity index (χ0v) is 17.9. The quantitative estimate of drug-likeness (QED) is 0.115. The predicted octanol–water partition coefficient (Wildman–Crippen LogP) is -1.18. The number of hydrogen-bond acceptors (Lipinski definition) is 9. The lowest BCUT2D eigenvalue weighted by Crippen LogP contribution is -2.29. The van der Waals surface area contributed by atoms with Gasteiger partial charge in [0.15, 0.2) is 0 Å². The van der Waals surface area contributed by atoms with Crippen LogP contribution in [0.5, 0.6) is 0 Å². The van der Waals surface area contributed by atoms with Gasteiger partial charge in [-0.1, -0.05) is 0 Å². The molecule has 17 nitrogen and oxygen atoms in total. The number of hydrogen-bond donors (Lipinski definition) is 8. The summed E-state index contributed by atoms with van der Waals surface area (Å²) in [6, 6.07) is 0. The van der Waals surface area contributed by atoms with Gasteiger partial charge in [-0.2, -0.15) is 10.1 Å². The van der Waals surface area contributed by atoms with Gasteiger partial charge in [-0.25, -0.2) is 9.25 Å². The topological polar surface area (TPSA) is 272 Å². The van der Waals surface area contributed by atoms with Crippen LogP contribution in [0.1, 0.15) is 0 Å². The van der Waals surface area contributed by atoms with E-state index in [2.05, 4.69) is 9.25 Å². The lowest BCUT2D eigenvalue weighted by atomic mass is 11.2. The third kappa shape index (κ3) is 17.3. The zero-order valence-electron chi connectivity index (χ0n) is 13.4. The molecular weight excluding hydrogens is 483 g/mol. The van der Waals surface area contributed by atoms with Crippen molar-refractivity contribution in [1.29, 1.82) is 0 Å². The van der Waals surface area contributed by atoms with Gasteiger partial charge in [-0.15, -0.1) is 0 Å². The molecule has 0 aromatic carbocycles. The Morgan fingerprint density at radius 1 is 0.556 bits per heavy atom. The van der Waals surface area contributed by atoms with E-state index in [1.807, 2.05) is 0 Å². The van der Waals surface area contributed by atoms with Crippen LogP contribution in [0.4, 0.5) is 0 Å². The molecule has 0 amide bonds. The minimum Gasteiger partial charge on any atom is -0.323 e. The van der Waals surface area contributed by atoms with Crippen LogP contribution in [0.2, 0.25) is 0 Å². The minimum atomic E-state index is -4.98. The monoisotopic (exact) mass is 502 g/mol. The maximum atomic E-state index is 12.2. The molecule has 0 aromatic heterocycles. The molecule has 0 fully saturated rings. The van der Waals surface area contributed by atoms with E-state index in [9.17, 15) is 22.8 Å². The van der Waals surface area contributed by atoms with Crippen molar-refractivity contribution in [2.75, 3.05) is 31.8 Å². The van der Waals surface area contributed by atoms with Gasteiger partial charge >= 0.3 is 38.0 Å². The molecule has 0 heterocycles. The molecular formula is C5H19N2O15P5. The summed E-state index contributed by atoms with van der Waals surface area (Å²) in [5, 5.41) is -0.176. The van der Waals surface area contributed by atoms with Crippen LogP contribution in [0.15, 0.2) is 0 Å². The number of hydroxylamine groups is 4. The third-order valence-electron chi connectivity index (χ3n) is 1.90. The molecule has 0 aliphatic heterocycles. The van der Waals surface area contributed by atoms with Gasteiger partial charge in [0, 0.05) is 6.66 Å². The Hall–Kier alpha value is 0.670. The average molecular weight is 502 g/mol. The fraction of sp³-hybridized carbons (Fsp3) is 1.00. The van der Waals surface area contributed by atoms with E-state index in [4.69, 9.17) is 39.1 Å². The summed E-state index contributed by atoms with van der Waals surface area (Å²) < 4.78 is 65.1. The van der Waals surface area contributed by atoms with Crippen LogP contribution in [0.25, 0.3) is 0 Å². The van der Waals surface area contributed by atoms with Gasteiger partial charge in [-0.3, -0.25) is 22.8 Å². The van der Waals surface area contributed by atoms with Crippen molar-refractivity contribution in [2.24, 2.45) is 0 Å². The molecule has 0 spiro atoms. The highest BCUT2D eigenvalue weighted by molar-refractivity contribution is 7.54. The van der Waals surface area contributed by atoms with Gasteiger partial charge in [0.05, 0.1) is 0 Å². The fourth-order valence-corrected chi connectivity index (χ4v) is 5.50. The summed E-state index contributed by atoms with van der Waals surface area (Å²) in [5.74, 6) is 0. The first-order valence-corrected chi connectivity index (χ1v) is 15.4. The van der Waals surface area contributed by atoms with E-state index in [0.717, 1.165) is 0 Å². The molecule has 0 unspecified atom stereocenters. The largest absolute Gasteiger partial charge is 0.360 e. The van der Waals surface area contributed by atoms with Crippen molar-refractivity contribution >= 4 is 38.0 Å². The first-order valence-electron chi connectivity index (χ1n) is 6.22. The maximum absolute atomic E-state index is 12.2. The summed E-state index contributed by atoms with van der Waals surface area (Å²) in [6.45, 7) is 0.561. The molecule has 0 bridgehead atoms. The van der Waals surface area contributed by atoms with E-state index in [-0.39, 0.29) is 10.1 Å². The Balaban J connectivity index is 5.46. The van der Waals surface area contributed by atoms with Gasteiger partial charge < -0.3 is 39.1 Å². The first-order chi connectivity index (χ1) is 11.6. The Bertz CT molecular complexity index is 623. The van der Waals surface area contributed by atoms with Gasteiger partial charge in [0.2, 0.25) is 0 Å². The van der Waals surface area contributed by atoms with Crippen LogP contribution in [0, 0.1) is 0 Å². The highest BCUT2D eigenvalue weighted by Gasteiger charge is 2.36. The summed E-state index contributed by atoms with van der Waals surface area (Å²) in [5.41, 5.74) is 0. The van der Waals surface area contributed by atoms with Crippen LogP contribution in [-0.2, 0) is 32.1 Å². The molecule has 22 heteroatoms. The van der Waals surface area contributed by atoms with E-state index >= 15 is 0 Å². The molecule has 0 rings (SSSR count). The van der Waals surface area contributed by atoms with Crippen molar-refractivity contribution in [1.82, 2.24) is 10.1 Å². The second-order valence-corrected chi connectivity index (χ2v) is 13.4. The van der Waals surface area contributed by atoms with E-state index in [1.54, 1.807) is 0 Å². The van der Waals surface area contributed by atoms with E-state index < -0.39 is 63.1 Å². The maximum Gasteiger partial charge on any atom is 0.360 e. The summed E-state index contributed by atoms with van der Waals surface area (Å²) in [4.78, 5) is 70.9. The highest BCUT2D eigenvalue weighted by Crippen LogP contribution is 2.52. The Labute approximate surface area is 152 Å². The van der Waals surface area contributed by atoms with E-state index in [1.165, 1.54) is 0 Å². The molecule has 164 valence electrons.